The van der Waals surface area contributed by atoms with Crippen LogP contribution in [0.25, 0.3) is 0 Å². The fourth-order valence-electron chi connectivity index (χ4n) is 1.08. The highest BCUT2D eigenvalue weighted by atomic mass is 16.5. The lowest BCUT2D eigenvalue weighted by molar-refractivity contribution is -0.137. The van der Waals surface area contributed by atoms with E-state index in [9.17, 15) is 9.59 Å². The first-order valence-electron chi connectivity index (χ1n) is 5.38. The van der Waals surface area contributed by atoms with Gasteiger partial charge < -0.3 is 10.1 Å². The van der Waals surface area contributed by atoms with Crippen molar-refractivity contribution in [2.24, 2.45) is 0 Å². The van der Waals surface area contributed by atoms with E-state index in [1.165, 1.54) is 6.08 Å². The molecule has 5 heteroatoms. The summed E-state index contributed by atoms with van der Waals surface area (Å²) in [4.78, 5) is 23.9. The van der Waals surface area contributed by atoms with Crippen molar-refractivity contribution in [1.29, 1.82) is 0 Å². The summed E-state index contributed by atoms with van der Waals surface area (Å²) in [5.74, 6) is -0.372. The van der Waals surface area contributed by atoms with E-state index in [1.807, 2.05) is 14.0 Å². The molecule has 0 aromatic rings. The second-order valence-corrected chi connectivity index (χ2v) is 3.30. The molecule has 0 saturated heterocycles. The number of carbonyl (C=O) groups excluding carboxylic acids is 2. The summed E-state index contributed by atoms with van der Waals surface area (Å²) in [7, 11) is 1.81. The van der Waals surface area contributed by atoms with Crippen LogP contribution in [-0.4, -0.2) is 50.1 Å². The van der Waals surface area contributed by atoms with Gasteiger partial charge in [0.2, 0.25) is 5.91 Å². The number of hydrogen-bond donors (Lipinski definition) is 1. The van der Waals surface area contributed by atoms with Crippen LogP contribution in [0, 0.1) is 0 Å². The van der Waals surface area contributed by atoms with Gasteiger partial charge in [0.15, 0.2) is 0 Å². The Labute approximate surface area is 96.4 Å². The van der Waals surface area contributed by atoms with Crippen molar-refractivity contribution >= 4 is 11.9 Å². The third-order valence-corrected chi connectivity index (χ3v) is 1.75. The highest BCUT2D eigenvalue weighted by molar-refractivity contribution is 5.82. The maximum Gasteiger partial charge on any atom is 0.330 e. The summed E-state index contributed by atoms with van der Waals surface area (Å²) in [6, 6.07) is 0. The van der Waals surface area contributed by atoms with Crippen LogP contribution in [0.4, 0.5) is 0 Å². The molecule has 0 bridgehead atoms. The van der Waals surface area contributed by atoms with Crippen LogP contribution in [0.5, 0.6) is 0 Å². The minimum atomic E-state index is -0.353. The summed E-state index contributed by atoms with van der Waals surface area (Å²) in [6.45, 7) is 5.49. The van der Waals surface area contributed by atoms with Crippen LogP contribution in [0.3, 0.4) is 0 Å². The molecular weight excluding hydrogens is 208 g/mol. The van der Waals surface area contributed by atoms with Crippen LogP contribution in [-0.2, 0) is 14.3 Å². The molecule has 92 valence electrons. The molecule has 0 aliphatic heterocycles. The van der Waals surface area contributed by atoms with E-state index in [0.29, 0.717) is 26.2 Å². The summed E-state index contributed by atoms with van der Waals surface area (Å²) in [5, 5.41) is 2.70. The Morgan fingerprint density at radius 3 is 2.62 bits per heavy atom. The molecular formula is C11H20N2O3. The van der Waals surface area contributed by atoms with Crippen molar-refractivity contribution in [1.82, 2.24) is 10.2 Å². The minimum Gasteiger partial charge on any atom is -0.463 e. The molecule has 0 atom stereocenters. The lowest BCUT2D eigenvalue weighted by Gasteiger charge is -2.13. The van der Waals surface area contributed by atoms with Gasteiger partial charge in [0.1, 0.15) is 0 Å². The van der Waals surface area contributed by atoms with Gasteiger partial charge in [-0.1, -0.05) is 6.08 Å². The predicted molar refractivity (Wildman–Crippen MR) is 62.0 cm³/mol. The first kappa shape index (κ1) is 14.6. The lowest BCUT2D eigenvalue weighted by atomic mass is 10.4. The summed E-state index contributed by atoms with van der Waals surface area (Å²) >= 11 is 0. The molecule has 0 aromatic carbocycles. The zero-order chi connectivity index (χ0) is 12.4. The van der Waals surface area contributed by atoms with Gasteiger partial charge in [-0.05, 0) is 20.9 Å². The van der Waals surface area contributed by atoms with E-state index >= 15 is 0 Å². The lowest BCUT2D eigenvalue weighted by Crippen LogP contribution is -2.35. The quantitative estimate of drug-likeness (QED) is 0.498. The van der Waals surface area contributed by atoms with Gasteiger partial charge in [-0.2, -0.15) is 0 Å². The van der Waals surface area contributed by atoms with Gasteiger partial charge in [0.25, 0.3) is 0 Å². The maximum atomic E-state index is 11.2. The van der Waals surface area contributed by atoms with E-state index in [2.05, 4.69) is 5.32 Å². The second-order valence-electron chi connectivity index (χ2n) is 3.30. The van der Waals surface area contributed by atoms with Crippen molar-refractivity contribution in [3.63, 3.8) is 0 Å². The molecule has 0 aliphatic carbocycles. The monoisotopic (exact) mass is 228 g/mol. The maximum absolute atomic E-state index is 11.2. The number of amides is 1. The SMILES string of the molecule is CCNC(=O)CN(C)C/C=C/C(=O)OCC. The molecule has 0 rings (SSSR count). The number of rotatable bonds is 7. The molecule has 0 saturated carbocycles. The Morgan fingerprint density at radius 2 is 2.06 bits per heavy atom. The van der Waals surface area contributed by atoms with Crippen LogP contribution >= 0.6 is 0 Å². The smallest absolute Gasteiger partial charge is 0.330 e. The van der Waals surface area contributed by atoms with Crippen LogP contribution in [0.1, 0.15) is 13.8 Å². The molecule has 1 amide bonds. The van der Waals surface area contributed by atoms with Crippen molar-refractivity contribution in [2.75, 3.05) is 33.3 Å². The molecule has 16 heavy (non-hydrogen) atoms. The number of esters is 1. The van der Waals surface area contributed by atoms with Gasteiger partial charge >= 0.3 is 5.97 Å². The number of ether oxygens (including phenoxy) is 1. The number of nitrogens with zero attached hydrogens (tertiary/aromatic N) is 1. The van der Waals surface area contributed by atoms with Gasteiger partial charge in [0, 0.05) is 19.2 Å². The zero-order valence-corrected chi connectivity index (χ0v) is 10.2. The Hall–Kier alpha value is -1.36. The standard InChI is InChI=1S/C11H20N2O3/c1-4-12-10(14)9-13(3)8-6-7-11(15)16-5-2/h6-7H,4-5,8-9H2,1-3H3,(H,12,14)/b7-6+. The van der Waals surface area contributed by atoms with E-state index in [1.54, 1.807) is 17.9 Å². The van der Waals surface area contributed by atoms with Crippen molar-refractivity contribution in [3.8, 4) is 0 Å². The summed E-state index contributed by atoms with van der Waals surface area (Å²) < 4.78 is 4.72. The van der Waals surface area contributed by atoms with E-state index in [-0.39, 0.29) is 11.9 Å². The second kappa shape index (κ2) is 8.91. The Kier molecular flexibility index (Phi) is 8.15. The van der Waals surface area contributed by atoms with E-state index in [4.69, 9.17) is 4.74 Å². The number of carbonyl (C=O) groups is 2. The number of hydrogen-bond acceptors (Lipinski definition) is 4. The number of likely N-dealkylation sites (N-methyl/N-ethyl adjacent to an activating group) is 2. The Balaban J connectivity index is 3.75. The molecule has 0 aliphatic rings. The molecule has 0 aromatic heterocycles. The van der Waals surface area contributed by atoms with Crippen LogP contribution in [0.2, 0.25) is 0 Å². The third-order valence-electron chi connectivity index (χ3n) is 1.75. The molecule has 1 N–H and O–H groups in total. The molecule has 0 fully saturated rings. The molecule has 5 nitrogen and oxygen atoms in total. The zero-order valence-electron chi connectivity index (χ0n) is 10.2. The van der Waals surface area contributed by atoms with Crippen molar-refractivity contribution in [2.45, 2.75) is 13.8 Å². The first-order valence-corrected chi connectivity index (χ1v) is 5.38. The highest BCUT2D eigenvalue weighted by Gasteiger charge is 2.03. The predicted octanol–water partition coefficient (Wildman–Crippen LogP) is 0.174. The average Bonchev–Trinajstić information content (AvgIpc) is 2.18. The third kappa shape index (κ3) is 7.99. The molecule has 0 unspecified atom stereocenters. The largest absolute Gasteiger partial charge is 0.463 e. The van der Waals surface area contributed by atoms with Crippen molar-refractivity contribution in [3.05, 3.63) is 12.2 Å². The fraction of sp³-hybridized carbons (Fsp3) is 0.636. The normalized spacial score (nSPS) is 10.8. The average molecular weight is 228 g/mol. The summed E-state index contributed by atoms with van der Waals surface area (Å²) in [6.07, 6.45) is 3.05. The molecule has 0 heterocycles. The Bertz CT molecular complexity index is 252. The van der Waals surface area contributed by atoms with Crippen LogP contribution < -0.4 is 5.32 Å². The van der Waals surface area contributed by atoms with Crippen molar-refractivity contribution < 1.29 is 14.3 Å². The van der Waals surface area contributed by atoms with Gasteiger partial charge in [-0.15, -0.1) is 0 Å². The fourth-order valence-corrected chi connectivity index (χ4v) is 1.08. The van der Waals surface area contributed by atoms with E-state index in [0.717, 1.165) is 0 Å². The highest BCUT2D eigenvalue weighted by Crippen LogP contribution is 1.86. The number of nitrogens with one attached hydrogen (secondary N) is 1. The Morgan fingerprint density at radius 1 is 1.38 bits per heavy atom. The first-order chi connectivity index (χ1) is 7.60. The van der Waals surface area contributed by atoms with E-state index < -0.39 is 0 Å². The van der Waals surface area contributed by atoms with Crippen LogP contribution in [0.15, 0.2) is 12.2 Å². The van der Waals surface area contributed by atoms with Gasteiger partial charge in [-0.3, -0.25) is 9.69 Å². The van der Waals surface area contributed by atoms with Gasteiger partial charge in [-0.25, -0.2) is 4.79 Å². The minimum absolute atomic E-state index is 0.0189. The molecule has 0 radical (unpaired) electrons. The topological polar surface area (TPSA) is 58.6 Å². The molecule has 0 spiro atoms. The van der Waals surface area contributed by atoms with Gasteiger partial charge in [0.05, 0.1) is 13.2 Å². The summed E-state index contributed by atoms with van der Waals surface area (Å²) in [5.41, 5.74) is 0.